The van der Waals surface area contributed by atoms with E-state index in [1.165, 1.54) is 0 Å². The topological polar surface area (TPSA) is 71.4 Å². The molecule has 1 aromatic rings. The molecule has 0 aliphatic rings. The van der Waals surface area contributed by atoms with Gasteiger partial charge < -0.3 is 5.11 Å². The van der Waals surface area contributed by atoms with Gasteiger partial charge in [-0.25, -0.2) is 9.18 Å². The molecule has 0 saturated heterocycles. The molecule has 7 heteroatoms. The summed E-state index contributed by atoms with van der Waals surface area (Å²) in [6.45, 7) is 0. The molecular formula is C9H3Cl2FO4. The van der Waals surface area contributed by atoms with Crippen molar-refractivity contribution in [3.63, 3.8) is 0 Å². The molecule has 1 rings (SSSR count). The fraction of sp³-hybridized carbons (Fsp3) is 0. The van der Waals surface area contributed by atoms with Gasteiger partial charge in [0.15, 0.2) is 0 Å². The highest BCUT2D eigenvalue weighted by molar-refractivity contribution is 6.69. The maximum atomic E-state index is 13.4. The van der Waals surface area contributed by atoms with E-state index in [4.69, 9.17) is 28.3 Å². The number of rotatable bonds is 3. The van der Waals surface area contributed by atoms with Crippen molar-refractivity contribution in [1.82, 2.24) is 0 Å². The zero-order valence-corrected chi connectivity index (χ0v) is 8.97. The van der Waals surface area contributed by atoms with Crippen molar-refractivity contribution in [2.45, 2.75) is 0 Å². The fourth-order valence-corrected chi connectivity index (χ4v) is 1.31. The number of aromatic carboxylic acids is 1. The molecule has 0 unspecified atom stereocenters. The highest BCUT2D eigenvalue weighted by Gasteiger charge is 2.21. The first-order valence-corrected chi connectivity index (χ1v) is 4.56. The average Bonchev–Trinajstić information content (AvgIpc) is 2.16. The molecule has 0 aliphatic carbocycles. The van der Waals surface area contributed by atoms with Crippen LogP contribution in [-0.4, -0.2) is 21.6 Å². The molecular weight excluding hydrogens is 262 g/mol. The number of carbonyl (C=O) groups excluding carboxylic acids is 2. The van der Waals surface area contributed by atoms with Gasteiger partial charge in [-0.2, -0.15) is 0 Å². The smallest absolute Gasteiger partial charge is 0.335 e. The van der Waals surface area contributed by atoms with Crippen molar-refractivity contribution in [1.29, 1.82) is 0 Å². The van der Waals surface area contributed by atoms with Gasteiger partial charge in [0.25, 0.3) is 10.5 Å². The number of hydrogen-bond acceptors (Lipinski definition) is 3. The third kappa shape index (κ3) is 2.37. The SMILES string of the molecule is O=C(O)c1cc(C(=O)Cl)c(F)c(C(=O)Cl)c1. The standard InChI is InChI=1S/C9H3Cl2FO4/c10-7(13)4-1-3(9(15)16)2-5(6(4)12)8(11)14/h1-2H,(H,15,16). The van der Waals surface area contributed by atoms with Crippen molar-refractivity contribution in [3.8, 4) is 0 Å². The lowest BCUT2D eigenvalue weighted by molar-refractivity contribution is 0.0697. The summed E-state index contributed by atoms with van der Waals surface area (Å²) in [4.78, 5) is 32.2. The number of carboxylic acids is 1. The van der Waals surface area contributed by atoms with Gasteiger partial charge in [-0.15, -0.1) is 0 Å². The van der Waals surface area contributed by atoms with Gasteiger partial charge in [0.05, 0.1) is 16.7 Å². The number of halogens is 3. The molecule has 1 N–H and O–H groups in total. The molecule has 0 saturated carbocycles. The van der Waals surface area contributed by atoms with E-state index in [-0.39, 0.29) is 0 Å². The fourth-order valence-electron chi connectivity index (χ4n) is 1.03. The first-order valence-electron chi connectivity index (χ1n) is 3.81. The Hall–Kier alpha value is -1.46. The van der Waals surface area contributed by atoms with Crippen molar-refractivity contribution < 1.29 is 23.9 Å². The van der Waals surface area contributed by atoms with E-state index in [0.717, 1.165) is 12.1 Å². The molecule has 0 aliphatic heterocycles. The third-order valence-electron chi connectivity index (χ3n) is 1.74. The van der Waals surface area contributed by atoms with E-state index in [0.29, 0.717) is 0 Å². The minimum Gasteiger partial charge on any atom is -0.478 e. The monoisotopic (exact) mass is 264 g/mol. The van der Waals surface area contributed by atoms with Crippen LogP contribution in [0.25, 0.3) is 0 Å². The van der Waals surface area contributed by atoms with Crippen LogP contribution in [-0.2, 0) is 0 Å². The van der Waals surface area contributed by atoms with Crippen LogP contribution >= 0.6 is 23.2 Å². The quantitative estimate of drug-likeness (QED) is 0.851. The first-order chi connectivity index (χ1) is 7.34. The van der Waals surface area contributed by atoms with Crippen LogP contribution in [0.15, 0.2) is 12.1 Å². The first kappa shape index (κ1) is 12.6. The molecule has 0 atom stereocenters. The van der Waals surface area contributed by atoms with Crippen LogP contribution in [0.2, 0.25) is 0 Å². The van der Waals surface area contributed by atoms with Crippen LogP contribution in [0.4, 0.5) is 4.39 Å². The van der Waals surface area contributed by atoms with E-state index in [9.17, 15) is 18.8 Å². The van der Waals surface area contributed by atoms with Crippen molar-refractivity contribution in [2.75, 3.05) is 0 Å². The van der Waals surface area contributed by atoms with Crippen LogP contribution in [0.1, 0.15) is 31.1 Å². The van der Waals surface area contributed by atoms with Crippen LogP contribution in [0.3, 0.4) is 0 Å². The normalized spacial score (nSPS) is 9.94. The second-order valence-electron chi connectivity index (χ2n) is 2.74. The zero-order valence-electron chi connectivity index (χ0n) is 7.46. The lowest BCUT2D eigenvalue weighted by Gasteiger charge is -2.04. The molecule has 0 spiro atoms. The molecule has 1 aromatic carbocycles. The molecule has 0 radical (unpaired) electrons. The minimum atomic E-state index is -1.43. The highest BCUT2D eigenvalue weighted by atomic mass is 35.5. The Balaban J connectivity index is 3.57. The summed E-state index contributed by atoms with van der Waals surface area (Å²) >= 11 is 10.1. The Morgan fingerprint density at radius 1 is 1.06 bits per heavy atom. The molecule has 4 nitrogen and oxygen atoms in total. The highest BCUT2D eigenvalue weighted by Crippen LogP contribution is 2.20. The number of benzene rings is 1. The van der Waals surface area contributed by atoms with Gasteiger partial charge in [0, 0.05) is 0 Å². The molecule has 16 heavy (non-hydrogen) atoms. The minimum absolute atomic E-state index is 0.450. The van der Waals surface area contributed by atoms with Gasteiger partial charge in [-0.05, 0) is 35.3 Å². The van der Waals surface area contributed by atoms with Crippen molar-refractivity contribution >= 4 is 39.7 Å². The summed E-state index contributed by atoms with van der Waals surface area (Å²) in [6.07, 6.45) is 0. The predicted octanol–water partition coefficient (Wildman–Crippen LogP) is 2.28. The van der Waals surface area contributed by atoms with E-state index in [2.05, 4.69) is 0 Å². The Morgan fingerprint density at radius 3 is 1.69 bits per heavy atom. The number of carbonyl (C=O) groups is 3. The van der Waals surface area contributed by atoms with Crippen LogP contribution in [0.5, 0.6) is 0 Å². The van der Waals surface area contributed by atoms with E-state index in [1.807, 2.05) is 0 Å². The summed E-state index contributed by atoms with van der Waals surface area (Å²) < 4.78 is 13.4. The van der Waals surface area contributed by atoms with E-state index >= 15 is 0 Å². The largest absolute Gasteiger partial charge is 0.478 e. The summed E-state index contributed by atoms with van der Waals surface area (Å²) in [7, 11) is 0. The summed E-state index contributed by atoms with van der Waals surface area (Å²) in [5.41, 5.74) is -1.86. The second kappa shape index (κ2) is 4.59. The van der Waals surface area contributed by atoms with Crippen LogP contribution in [0, 0.1) is 5.82 Å². The Bertz CT molecular complexity index is 463. The Kier molecular flexibility index (Phi) is 3.62. The maximum Gasteiger partial charge on any atom is 0.335 e. The third-order valence-corrected chi connectivity index (χ3v) is 2.15. The van der Waals surface area contributed by atoms with Crippen molar-refractivity contribution in [2.24, 2.45) is 0 Å². The summed E-state index contributed by atoms with van der Waals surface area (Å²) in [5, 5.41) is 6.24. The zero-order chi connectivity index (χ0) is 12.5. The Labute approximate surface area is 98.6 Å². The Morgan fingerprint density at radius 2 is 1.44 bits per heavy atom. The molecule has 0 aromatic heterocycles. The van der Waals surface area contributed by atoms with Gasteiger partial charge in [-0.3, -0.25) is 9.59 Å². The van der Waals surface area contributed by atoms with Crippen LogP contribution < -0.4 is 0 Å². The molecule has 0 fully saturated rings. The van der Waals surface area contributed by atoms with Gasteiger partial charge in [0.1, 0.15) is 5.82 Å². The summed E-state index contributed by atoms with van der Waals surface area (Å²) in [5.74, 6) is -2.66. The number of hydrogen-bond donors (Lipinski definition) is 1. The van der Waals surface area contributed by atoms with Gasteiger partial charge >= 0.3 is 5.97 Å². The molecule has 0 bridgehead atoms. The van der Waals surface area contributed by atoms with Gasteiger partial charge in [0.2, 0.25) is 0 Å². The second-order valence-corrected chi connectivity index (χ2v) is 3.42. The van der Waals surface area contributed by atoms with E-state index < -0.39 is 39.0 Å². The summed E-state index contributed by atoms with van der Waals surface area (Å²) in [6, 6.07) is 1.46. The predicted molar refractivity (Wildman–Crippen MR) is 53.7 cm³/mol. The van der Waals surface area contributed by atoms with Gasteiger partial charge in [-0.1, -0.05) is 0 Å². The van der Waals surface area contributed by atoms with E-state index in [1.54, 1.807) is 0 Å². The molecule has 0 amide bonds. The lowest BCUT2D eigenvalue weighted by Crippen LogP contribution is -2.07. The maximum absolute atomic E-state index is 13.4. The molecule has 84 valence electrons. The average molecular weight is 265 g/mol. The van der Waals surface area contributed by atoms with Crippen molar-refractivity contribution in [3.05, 3.63) is 34.6 Å². The number of carboxylic acid groups (broad SMARTS) is 1. The lowest BCUT2D eigenvalue weighted by atomic mass is 10.1. The molecule has 0 heterocycles.